The molecule has 2 saturated carbocycles. The molecule has 0 spiro atoms. The fraction of sp³-hybridized carbons (Fsp3) is 0.438. The molecule has 0 amide bonds. The second-order valence-electron chi connectivity index (χ2n) is 10.8. The Bertz CT molecular complexity index is 1090. The molecule has 2 aliphatic rings. The van der Waals surface area contributed by atoms with Crippen molar-refractivity contribution in [2.45, 2.75) is 52.9 Å². The molecule has 0 saturated heterocycles. The number of unbranched alkanes of at least 4 members (excludes halogenated alkanes) is 1. The fourth-order valence-corrected chi connectivity index (χ4v) is 6.58. The van der Waals surface area contributed by atoms with E-state index in [4.69, 9.17) is 0 Å². The van der Waals surface area contributed by atoms with Gasteiger partial charge in [0.2, 0.25) is 0 Å². The van der Waals surface area contributed by atoms with Crippen LogP contribution in [0, 0.1) is 23.2 Å². The van der Waals surface area contributed by atoms with Crippen LogP contribution in [0.3, 0.4) is 0 Å². The third-order valence-electron chi connectivity index (χ3n) is 8.14. The van der Waals surface area contributed by atoms with Crippen molar-refractivity contribution in [2.24, 2.45) is 23.2 Å². The molecule has 2 aromatic rings. The van der Waals surface area contributed by atoms with E-state index >= 15 is 0 Å². The van der Waals surface area contributed by atoms with Gasteiger partial charge in [0.1, 0.15) is 0 Å². The summed E-state index contributed by atoms with van der Waals surface area (Å²) in [6.45, 7) is 17.1. The molecule has 2 aromatic carbocycles. The minimum atomic E-state index is 0.337. The van der Waals surface area contributed by atoms with Gasteiger partial charge in [0, 0.05) is 29.9 Å². The molecule has 180 valence electrons. The van der Waals surface area contributed by atoms with Crippen LogP contribution in [0.5, 0.6) is 0 Å². The van der Waals surface area contributed by atoms with Crippen LogP contribution in [0.15, 0.2) is 90.7 Å². The lowest BCUT2D eigenvalue weighted by Crippen LogP contribution is -2.40. The van der Waals surface area contributed by atoms with E-state index < -0.39 is 0 Å². The second kappa shape index (κ2) is 10.7. The van der Waals surface area contributed by atoms with Crippen molar-refractivity contribution < 1.29 is 0 Å². The highest BCUT2D eigenvalue weighted by Crippen LogP contribution is 2.58. The van der Waals surface area contributed by atoms with Crippen LogP contribution in [0.1, 0.15) is 52.9 Å². The average Bonchev–Trinajstić information content (AvgIpc) is 3.38. The van der Waals surface area contributed by atoms with Gasteiger partial charge in [0.05, 0.1) is 0 Å². The largest absolute Gasteiger partial charge is 0.384 e. The van der Waals surface area contributed by atoms with Crippen LogP contribution < -0.4 is 10.6 Å². The first-order chi connectivity index (χ1) is 16.4. The summed E-state index contributed by atoms with van der Waals surface area (Å²) in [6, 6.07) is 15.3. The van der Waals surface area contributed by atoms with E-state index in [1.165, 1.54) is 47.0 Å². The molecule has 4 rings (SSSR count). The Morgan fingerprint density at radius 3 is 2.68 bits per heavy atom. The highest BCUT2D eigenvalue weighted by Gasteiger charge is 2.52. The summed E-state index contributed by atoms with van der Waals surface area (Å²) in [7, 11) is 0. The smallest absolute Gasteiger partial charge is 0.0420 e. The molecule has 2 aliphatic carbocycles. The molecule has 2 bridgehead atoms. The summed E-state index contributed by atoms with van der Waals surface area (Å²) in [5.74, 6) is 2.33. The van der Waals surface area contributed by atoms with Gasteiger partial charge in [-0.1, -0.05) is 82.0 Å². The molecule has 0 heterocycles. The normalized spacial score (nSPS) is 26.6. The van der Waals surface area contributed by atoms with E-state index in [1.807, 2.05) is 6.08 Å². The van der Waals surface area contributed by atoms with Crippen LogP contribution in [0.2, 0.25) is 0 Å². The minimum absolute atomic E-state index is 0.337. The van der Waals surface area contributed by atoms with E-state index in [0.29, 0.717) is 11.3 Å². The predicted octanol–water partition coefficient (Wildman–Crippen LogP) is 8.27. The summed E-state index contributed by atoms with van der Waals surface area (Å²) in [4.78, 5) is 0. The standard InChI is InChI=1S/C32H42N2/c1-6-8-15-27(23(3)4)30(12-7-2)33-21-26-18-24-19-29(26)32(5,20-24)22-34-31-17-11-14-25-13-9-10-16-28(25)31/h7,9-17,24,26,29,33-34H,2-3,6,8,18-22H2,1,4-5H3/b27-15+,30-12+. The first-order valence-corrected chi connectivity index (χ1v) is 13.1. The summed E-state index contributed by atoms with van der Waals surface area (Å²) < 4.78 is 0. The number of benzene rings is 2. The number of rotatable bonds is 11. The number of fused-ring (bicyclic) bond motifs is 3. The lowest BCUT2D eigenvalue weighted by atomic mass is 9.69. The van der Waals surface area contributed by atoms with E-state index in [-0.39, 0.29) is 0 Å². The van der Waals surface area contributed by atoms with Crippen molar-refractivity contribution >= 4 is 16.5 Å². The lowest BCUT2D eigenvalue weighted by molar-refractivity contribution is 0.143. The number of anilines is 1. The predicted molar refractivity (Wildman–Crippen MR) is 149 cm³/mol. The van der Waals surface area contributed by atoms with Crippen LogP contribution in [-0.2, 0) is 0 Å². The molecule has 0 aliphatic heterocycles. The minimum Gasteiger partial charge on any atom is -0.384 e. The van der Waals surface area contributed by atoms with Gasteiger partial charge in [-0.25, -0.2) is 0 Å². The highest BCUT2D eigenvalue weighted by atomic mass is 14.9. The number of hydrogen-bond acceptors (Lipinski definition) is 2. The van der Waals surface area contributed by atoms with Crippen molar-refractivity contribution in [1.29, 1.82) is 0 Å². The molecule has 0 aromatic heterocycles. The average molecular weight is 455 g/mol. The molecule has 2 nitrogen and oxygen atoms in total. The summed E-state index contributed by atoms with van der Waals surface area (Å²) in [5.41, 5.74) is 5.13. The van der Waals surface area contributed by atoms with Gasteiger partial charge in [-0.15, -0.1) is 0 Å². The van der Waals surface area contributed by atoms with Crippen molar-refractivity contribution in [1.82, 2.24) is 5.32 Å². The summed E-state index contributed by atoms with van der Waals surface area (Å²) in [5, 5.41) is 10.3. The molecular weight excluding hydrogens is 412 g/mol. The Hall–Kier alpha value is -2.74. The molecule has 2 fully saturated rings. The maximum absolute atomic E-state index is 4.24. The second-order valence-corrected chi connectivity index (χ2v) is 10.8. The van der Waals surface area contributed by atoms with Gasteiger partial charge in [-0.3, -0.25) is 0 Å². The number of allylic oxidation sites excluding steroid dienone is 4. The van der Waals surface area contributed by atoms with Crippen LogP contribution >= 0.6 is 0 Å². The zero-order valence-corrected chi connectivity index (χ0v) is 21.4. The van der Waals surface area contributed by atoms with Gasteiger partial charge < -0.3 is 10.6 Å². The molecule has 4 atom stereocenters. The quantitative estimate of drug-likeness (QED) is 0.334. The van der Waals surface area contributed by atoms with Crippen molar-refractivity contribution in [3.05, 3.63) is 90.7 Å². The molecular formula is C32H42N2. The van der Waals surface area contributed by atoms with E-state index in [9.17, 15) is 0 Å². The van der Waals surface area contributed by atoms with E-state index in [0.717, 1.165) is 43.3 Å². The highest BCUT2D eigenvalue weighted by molar-refractivity contribution is 5.93. The number of nitrogens with one attached hydrogen (secondary N) is 2. The maximum Gasteiger partial charge on any atom is 0.0420 e. The van der Waals surface area contributed by atoms with Gasteiger partial charge in [-0.05, 0) is 84.5 Å². The first kappa shape index (κ1) is 24.4. The Morgan fingerprint density at radius 1 is 1.15 bits per heavy atom. The Balaban J connectivity index is 1.44. The summed E-state index contributed by atoms with van der Waals surface area (Å²) in [6.07, 6.45) is 12.6. The van der Waals surface area contributed by atoms with Crippen molar-refractivity contribution in [3.63, 3.8) is 0 Å². The van der Waals surface area contributed by atoms with Gasteiger partial charge >= 0.3 is 0 Å². The first-order valence-electron chi connectivity index (χ1n) is 13.1. The third kappa shape index (κ3) is 5.17. The fourth-order valence-electron chi connectivity index (χ4n) is 6.58. The van der Waals surface area contributed by atoms with Gasteiger partial charge in [0.25, 0.3) is 0 Å². The molecule has 0 radical (unpaired) electrons. The Labute approximate surface area is 206 Å². The molecule has 4 unspecified atom stereocenters. The van der Waals surface area contributed by atoms with E-state index in [2.05, 4.69) is 99.2 Å². The maximum atomic E-state index is 4.24. The zero-order valence-electron chi connectivity index (χ0n) is 21.4. The monoisotopic (exact) mass is 454 g/mol. The van der Waals surface area contributed by atoms with Gasteiger partial charge in [0.15, 0.2) is 0 Å². The van der Waals surface area contributed by atoms with E-state index in [1.54, 1.807) is 0 Å². The third-order valence-corrected chi connectivity index (χ3v) is 8.14. The molecule has 2 N–H and O–H groups in total. The van der Waals surface area contributed by atoms with Crippen LogP contribution in [-0.4, -0.2) is 13.1 Å². The molecule has 2 heteroatoms. The van der Waals surface area contributed by atoms with Crippen LogP contribution in [0.4, 0.5) is 5.69 Å². The topological polar surface area (TPSA) is 24.1 Å². The Kier molecular flexibility index (Phi) is 7.66. The Morgan fingerprint density at radius 2 is 1.94 bits per heavy atom. The SMILES string of the molecule is C=C/C=C(NCC1CC2CC1C(C)(CNc1cccc3ccccc13)C2)\C(=C\CCC)C(=C)C. The summed E-state index contributed by atoms with van der Waals surface area (Å²) >= 11 is 0. The van der Waals surface area contributed by atoms with Gasteiger partial charge in [-0.2, -0.15) is 0 Å². The number of hydrogen-bond donors (Lipinski definition) is 2. The molecule has 34 heavy (non-hydrogen) atoms. The zero-order chi connectivity index (χ0) is 24.1. The lowest BCUT2D eigenvalue weighted by Gasteiger charge is -2.40. The van der Waals surface area contributed by atoms with Crippen molar-refractivity contribution in [3.8, 4) is 0 Å². The van der Waals surface area contributed by atoms with Crippen LogP contribution in [0.25, 0.3) is 10.8 Å². The van der Waals surface area contributed by atoms with Crippen molar-refractivity contribution in [2.75, 3.05) is 18.4 Å².